The van der Waals surface area contributed by atoms with E-state index >= 15 is 0 Å². The number of hydrogen-bond acceptors (Lipinski definition) is 12. The minimum Gasteiger partial charge on any atom is -0.402 e. The molecular formula is H15AlB4O12Zr3. The van der Waals surface area contributed by atoms with E-state index in [1.54, 1.807) is 0 Å². The van der Waals surface area contributed by atoms with Crippen molar-refractivity contribution in [2.45, 2.75) is 0 Å². The summed E-state index contributed by atoms with van der Waals surface area (Å²) in [4.78, 5) is 0. The summed E-state index contributed by atoms with van der Waals surface area (Å²) in [6.45, 7) is 0. The van der Waals surface area contributed by atoms with Gasteiger partial charge in [-0.05, 0) is 0 Å². The number of hydrogen-bond donors (Lipinski definition) is 12. The van der Waals surface area contributed by atoms with Gasteiger partial charge in [-0.3, -0.25) is 0 Å². The third-order valence-corrected chi connectivity index (χ3v) is 0. The molecule has 0 radical (unpaired) electrons. The van der Waals surface area contributed by atoms with Crippen LogP contribution < -0.4 is 0 Å². The molecular weight excluding hydrogens is 536 g/mol. The van der Waals surface area contributed by atoms with Gasteiger partial charge in [0.05, 0.1) is 0 Å². The van der Waals surface area contributed by atoms with E-state index in [9.17, 15) is 0 Å². The van der Waals surface area contributed by atoms with Gasteiger partial charge in [-0.2, -0.15) is 0 Å². The Labute approximate surface area is 183 Å². The monoisotopic (exact) mass is 548 g/mol. The molecule has 0 spiro atoms. The van der Waals surface area contributed by atoms with E-state index in [-0.39, 0.29) is 96.0 Å². The normalized spacial score (nSPS) is 5.40. The zero-order valence-corrected chi connectivity index (χ0v) is 16.6. The first-order valence-corrected chi connectivity index (χ1v) is 3.10. The molecule has 0 aliphatic carbocycles. The van der Waals surface area contributed by atoms with Crippen LogP contribution in [0.5, 0.6) is 0 Å². The summed E-state index contributed by atoms with van der Waals surface area (Å²) < 4.78 is 0. The smallest absolute Gasteiger partial charge is 0.402 e. The molecule has 0 amide bonds. The third kappa shape index (κ3) is 952. The first-order chi connectivity index (χ1) is 6.93. The maximum absolute atomic E-state index is 7.17. The fraction of sp³-hybridized carbons (Fsp3) is 0. The van der Waals surface area contributed by atoms with Gasteiger partial charge in [0.15, 0.2) is 17.4 Å². The van der Waals surface area contributed by atoms with E-state index < -0.39 is 29.3 Å². The van der Waals surface area contributed by atoms with Crippen molar-refractivity contribution in [3.8, 4) is 0 Å². The fourth-order valence-corrected chi connectivity index (χ4v) is 0. The van der Waals surface area contributed by atoms with Crippen molar-refractivity contribution in [2.24, 2.45) is 0 Å². The van der Waals surface area contributed by atoms with Gasteiger partial charge in [-0.15, -0.1) is 0 Å². The molecule has 0 aromatic carbocycles. The number of rotatable bonds is 0. The van der Waals surface area contributed by atoms with Crippen LogP contribution in [0.3, 0.4) is 0 Å². The first-order valence-electron chi connectivity index (χ1n) is 3.10. The average molecular weight is 551 g/mol. The van der Waals surface area contributed by atoms with Crippen molar-refractivity contribution >= 4 is 46.6 Å². The Balaban J connectivity index is -0.0000000150. The Hall–Kier alpha value is 2.96. The Bertz CT molecular complexity index is 73.7. The predicted molar refractivity (Wildman–Crippen MR) is 59.6 cm³/mol. The van der Waals surface area contributed by atoms with Crippen LogP contribution in [-0.4, -0.2) is 107 Å². The maximum atomic E-state index is 7.17. The van der Waals surface area contributed by atoms with Crippen LogP contribution in [0, 0.1) is 0 Å². The summed E-state index contributed by atoms with van der Waals surface area (Å²) in [6.07, 6.45) is 0. The standard InChI is InChI=1S/Al.4BH3O3.3Zr.3H/c;4*2-1(3)4;;;;;;/h;4*2-4H;;;;;;. The van der Waals surface area contributed by atoms with Crippen LogP contribution in [0.4, 0.5) is 0 Å². The van der Waals surface area contributed by atoms with E-state index in [1.807, 2.05) is 0 Å². The van der Waals surface area contributed by atoms with E-state index in [1.165, 1.54) is 0 Å². The average Bonchev–Trinajstić information content (AvgIpc) is 1.76. The van der Waals surface area contributed by atoms with Gasteiger partial charge in [-0.25, -0.2) is 0 Å². The molecule has 20 heteroatoms. The molecule has 0 heterocycles. The largest absolute Gasteiger partial charge is 0.631 e. The van der Waals surface area contributed by atoms with Crippen LogP contribution >= 0.6 is 0 Å². The van der Waals surface area contributed by atoms with Gasteiger partial charge >= 0.3 is 29.3 Å². The summed E-state index contributed by atoms with van der Waals surface area (Å²) in [5, 5.41) is 86.0. The Morgan fingerprint density at radius 2 is 0.300 bits per heavy atom. The minimum absolute atomic E-state index is 0. The molecule has 0 saturated carbocycles. The molecule has 0 bridgehead atoms. The van der Waals surface area contributed by atoms with Crippen molar-refractivity contribution in [1.82, 2.24) is 0 Å². The second-order valence-corrected chi connectivity index (χ2v) is 1.39. The second-order valence-electron chi connectivity index (χ2n) is 1.39. The quantitative estimate of drug-likeness (QED) is 0.126. The second kappa shape index (κ2) is 43.1. The Morgan fingerprint density at radius 1 is 0.300 bits per heavy atom. The molecule has 0 saturated heterocycles. The molecule has 12 nitrogen and oxygen atoms in total. The Kier molecular flexibility index (Phi) is 107. The van der Waals surface area contributed by atoms with Gasteiger partial charge in [-0.1, -0.05) is 0 Å². The fourth-order valence-electron chi connectivity index (χ4n) is 0. The zero-order valence-electron chi connectivity index (χ0n) is 9.18. The summed E-state index contributed by atoms with van der Waals surface area (Å²) >= 11 is 0. The predicted octanol–water partition coefficient (Wildman–Crippen LogP) is -9.40. The van der Waals surface area contributed by atoms with E-state index in [4.69, 9.17) is 60.3 Å². The molecule has 0 fully saturated rings. The van der Waals surface area contributed by atoms with Crippen LogP contribution in [-0.2, 0) is 78.6 Å². The molecule has 0 aliphatic heterocycles. The molecule has 0 atom stereocenters. The molecule has 20 heavy (non-hydrogen) atoms. The van der Waals surface area contributed by atoms with Gasteiger partial charge in [0.25, 0.3) is 0 Å². The van der Waals surface area contributed by atoms with E-state index in [0.717, 1.165) is 0 Å². The summed E-state index contributed by atoms with van der Waals surface area (Å²) in [7, 11) is -8.67. The van der Waals surface area contributed by atoms with Crippen molar-refractivity contribution in [3.63, 3.8) is 0 Å². The van der Waals surface area contributed by atoms with Crippen LogP contribution in [0.2, 0.25) is 0 Å². The molecule has 12 N–H and O–H groups in total. The summed E-state index contributed by atoms with van der Waals surface area (Å²) in [6, 6.07) is 0. The van der Waals surface area contributed by atoms with Crippen molar-refractivity contribution in [1.29, 1.82) is 0 Å². The topological polar surface area (TPSA) is 243 Å². The maximum Gasteiger partial charge on any atom is 0.631 e. The van der Waals surface area contributed by atoms with Crippen molar-refractivity contribution in [3.05, 3.63) is 0 Å². The van der Waals surface area contributed by atoms with E-state index in [2.05, 4.69) is 0 Å². The molecule has 0 unspecified atom stereocenters. The zero-order chi connectivity index (χ0) is 14.3. The van der Waals surface area contributed by atoms with Crippen LogP contribution in [0.1, 0.15) is 0 Å². The first kappa shape index (κ1) is 49.5. The molecule has 0 aromatic rings. The van der Waals surface area contributed by atoms with Crippen LogP contribution in [0.25, 0.3) is 0 Å². The summed E-state index contributed by atoms with van der Waals surface area (Å²) in [5.41, 5.74) is 0. The minimum atomic E-state index is -2.17. The summed E-state index contributed by atoms with van der Waals surface area (Å²) in [5.74, 6) is 0. The van der Waals surface area contributed by atoms with Crippen molar-refractivity contribution in [2.75, 3.05) is 0 Å². The molecule has 0 aromatic heterocycles. The van der Waals surface area contributed by atoms with Gasteiger partial charge < -0.3 is 60.3 Å². The van der Waals surface area contributed by atoms with Crippen molar-refractivity contribution < 1.29 is 139 Å². The Morgan fingerprint density at radius 3 is 0.300 bits per heavy atom. The molecule has 114 valence electrons. The van der Waals surface area contributed by atoms with Gasteiger partial charge in [0.1, 0.15) is 0 Å². The third-order valence-electron chi connectivity index (χ3n) is 0. The van der Waals surface area contributed by atoms with Gasteiger partial charge in [0, 0.05) is 78.6 Å². The van der Waals surface area contributed by atoms with E-state index in [0.29, 0.717) is 0 Å². The van der Waals surface area contributed by atoms with Gasteiger partial charge in [0.2, 0.25) is 0 Å². The van der Waals surface area contributed by atoms with Crippen LogP contribution in [0.15, 0.2) is 0 Å². The molecule has 0 aliphatic rings. The SMILES string of the molecule is OB(O)O.OB(O)O.OB(O)O.OB(O)O.[AlH3].[Zr].[Zr].[Zr]. The molecule has 0 rings (SSSR count).